The first-order chi connectivity index (χ1) is 15.9. The number of aryl methyl sites for hydroxylation is 2. The number of likely N-dealkylation sites (N-methyl/N-ethyl adjacent to an activating group) is 1. The molecule has 1 fully saturated rings. The highest BCUT2D eigenvalue weighted by atomic mass is 32.2. The van der Waals surface area contributed by atoms with Gasteiger partial charge in [0.25, 0.3) is 0 Å². The molecule has 9 heteroatoms. The van der Waals surface area contributed by atoms with Crippen molar-refractivity contribution in [2.45, 2.75) is 37.8 Å². The van der Waals surface area contributed by atoms with Gasteiger partial charge in [-0.3, -0.25) is 9.69 Å². The van der Waals surface area contributed by atoms with Crippen LogP contribution in [0.5, 0.6) is 0 Å². The SMILES string of the molecule is C=CC(=O)N1CCN(CC(c2ccc(C)c(F)c2)N(C)c2ccc(S(N)(=O)=O)cc2C)C[C@H]1C. The van der Waals surface area contributed by atoms with Crippen LogP contribution in [0.25, 0.3) is 0 Å². The van der Waals surface area contributed by atoms with Gasteiger partial charge in [0, 0.05) is 45.0 Å². The van der Waals surface area contributed by atoms with Crippen molar-refractivity contribution in [1.29, 1.82) is 0 Å². The lowest BCUT2D eigenvalue weighted by molar-refractivity contribution is -0.130. The van der Waals surface area contributed by atoms with E-state index in [4.69, 9.17) is 5.14 Å². The molecule has 184 valence electrons. The minimum Gasteiger partial charge on any atom is -0.366 e. The number of carbonyl (C=O) groups is 1. The second-order valence-electron chi connectivity index (χ2n) is 8.97. The average Bonchev–Trinajstić information content (AvgIpc) is 2.78. The molecule has 34 heavy (non-hydrogen) atoms. The predicted octanol–water partition coefficient (Wildman–Crippen LogP) is 2.99. The zero-order valence-corrected chi connectivity index (χ0v) is 21.0. The maximum Gasteiger partial charge on any atom is 0.246 e. The number of nitrogens with two attached hydrogens (primary N) is 1. The molecule has 0 bridgehead atoms. The summed E-state index contributed by atoms with van der Waals surface area (Å²) in [7, 11) is -1.89. The third-order valence-corrected chi connectivity index (χ3v) is 7.44. The molecule has 0 saturated carbocycles. The summed E-state index contributed by atoms with van der Waals surface area (Å²) in [5, 5.41) is 5.29. The standard InChI is InChI=1S/C25H33FN4O3S/c1-6-25(31)30-12-11-29(15-19(30)4)16-24(20-8-7-17(2)22(26)14-20)28(5)23-10-9-21(13-18(23)3)34(27,32)33/h6-10,13-14,19,24H,1,11-12,15-16H2,2-5H3,(H2,27,32,33)/t19-,24?/m1/s1. The van der Waals surface area contributed by atoms with Gasteiger partial charge in [0.05, 0.1) is 10.9 Å². The maximum atomic E-state index is 14.5. The summed E-state index contributed by atoms with van der Waals surface area (Å²) in [6.45, 7) is 11.7. The van der Waals surface area contributed by atoms with Crippen LogP contribution in [0, 0.1) is 19.7 Å². The largest absolute Gasteiger partial charge is 0.366 e. The van der Waals surface area contributed by atoms with Crippen LogP contribution in [0.4, 0.5) is 10.1 Å². The fraction of sp³-hybridized carbons (Fsp3) is 0.400. The van der Waals surface area contributed by atoms with Gasteiger partial charge in [-0.15, -0.1) is 0 Å². The summed E-state index contributed by atoms with van der Waals surface area (Å²) in [5.74, 6) is -0.348. The molecule has 0 radical (unpaired) electrons. The normalized spacial score (nSPS) is 17.9. The molecule has 2 aromatic rings. The lowest BCUT2D eigenvalue weighted by Crippen LogP contribution is -2.55. The quantitative estimate of drug-likeness (QED) is 0.606. The molecule has 2 atom stereocenters. The molecule has 0 aliphatic carbocycles. The van der Waals surface area contributed by atoms with E-state index in [0.29, 0.717) is 31.7 Å². The van der Waals surface area contributed by atoms with E-state index in [-0.39, 0.29) is 28.7 Å². The topological polar surface area (TPSA) is 86.9 Å². The fourth-order valence-electron chi connectivity index (χ4n) is 4.52. The number of primary sulfonamides is 1. The zero-order chi connectivity index (χ0) is 25.2. The molecule has 1 unspecified atom stereocenters. The van der Waals surface area contributed by atoms with Crippen molar-refractivity contribution >= 4 is 21.6 Å². The van der Waals surface area contributed by atoms with Crippen molar-refractivity contribution < 1.29 is 17.6 Å². The molecular weight excluding hydrogens is 455 g/mol. The first-order valence-corrected chi connectivity index (χ1v) is 12.7. The monoisotopic (exact) mass is 488 g/mol. The van der Waals surface area contributed by atoms with Gasteiger partial charge in [0.2, 0.25) is 15.9 Å². The number of carbonyl (C=O) groups excluding carboxylic acids is 1. The van der Waals surface area contributed by atoms with E-state index in [9.17, 15) is 17.6 Å². The Kier molecular flexibility index (Phi) is 7.80. The molecule has 7 nitrogen and oxygen atoms in total. The smallest absolute Gasteiger partial charge is 0.246 e. The fourth-order valence-corrected chi connectivity index (χ4v) is 5.12. The number of hydrogen-bond acceptors (Lipinski definition) is 5. The van der Waals surface area contributed by atoms with Gasteiger partial charge in [0.15, 0.2) is 0 Å². The molecule has 1 aliphatic heterocycles. The van der Waals surface area contributed by atoms with E-state index < -0.39 is 10.0 Å². The molecule has 1 amide bonds. The molecule has 3 rings (SSSR count). The van der Waals surface area contributed by atoms with Crippen molar-refractivity contribution in [3.63, 3.8) is 0 Å². The number of benzene rings is 2. The number of rotatable bonds is 7. The summed E-state index contributed by atoms with van der Waals surface area (Å²) < 4.78 is 38.0. The molecular formula is C25H33FN4O3S. The number of piperazine rings is 1. The van der Waals surface area contributed by atoms with Gasteiger partial charge in [-0.25, -0.2) is 17.9 Å². The van der Waals surface area contributed by atoms with Gasteiger partial charge in [-0.1, -0.05) is 18.7 Å². The molecule has 1 aliphatic rings. The Labute approximate surface area is 201 Å². The number of nitrogens with zero attached hydrogens (tertiary/aromatic N) is 3. The number of anilines is 1. The van der Waals surface area contributed by atoms with Crippen molar-refractivity contribution in [1.82, 2.24) is 9.80 Å². The predicted molar refractivity (Wildman–Crippen MR) is 133 cm³/mol. The minimum atomic E-state index is -3.81. The Hall–Kier alpha value is -2.75. The molecule has 2 aromatic carbocycles. The highest BCUT2D eigenvalue weighted by Crippen LogP contribution is 2.31. The van der Waals surface area contributed by atoms with Crippen molar-refractivity contribution in [3.8, 4) is 0 Å². The van der Waals surface area contributed by atoms with Gasteiger partial charge >= 0.3 is 0 Å². The number of halogens is 1. The van der Waals surface area contributed by atoms with Crippen LogP contribution >= 0.6 is 0 Å². The van der Waals surface area contributed by atoms with Crippen LogP contribution in [-0.2, 0) is 14.8 Å². The van der Waals surface area contributed by atoms with Crippen molar-refractivity contribution in [2.75, 3.05) is 38.1 Å². The summed E-state index contributed by atoms with van der Waals surface area (Å²) in [6, 6.07) is 9.85. The van der Waals surface area contributed by atoms with E-state index in [0.717, 1.165) is 16.8 Å². The van der Waals surface area contributed by atoms with Crippen LogP contribution < -0.4 is 10.0 Å². The van der Waals surface area contributed by atoms with Crippen molar-refractivity contribution in [3.05, 3.63) is 71.6 Å². The van der Waals surface area contributed by atoms with Gasteiger partial charge in [-0.2, -0.15) is 0 Å². The Morgan fingerprint density at radius 1 is 1.24 bits per heavy atom. The molecule has 0 spiro atoms. The van der Waals surface area contributed by atoms with Gasteiger partial charge in [0.1, 0.15) is 5.82 Å². The third-order valence-electron chi connectivity index (χ3n) is 6.53. The number of sulfonamides is 1. The Morgan fingerprint density at radius 2 is 1.94 bits per heavy atom. The molecule has 1 heterocycles. The summed E-state index contributed by atoms with van der Waals surface area (Å²) in [5.41, 5.74) is 2.97. The zero-order valence-electron chi connectivity index (χ0n) is 20.2. The minimum absolute atomic E-state index is 0.0238. The molecule has 0 aromatic heterocycles. The highest BCUT2D eigenvalue weighted by molar-refractivity contribution is 7.89. The first kappa shape index (κ1) is 25.9. The summed E-state index contributed by atoms with van der Waals surface area (Å²) in [4.78, 5) is 18.3. The Balaban J connectivity index is 1.93. The maximum absolute atomic E-state index is 14.5. The summed E-state index contributed by atoms with van der Waals surface area (Å²) >= 11 is 0. The van der Waals surface area contributed by atoms with Crippen LogP contribution in [-0.4, -0.2) is 63.4 Å². The van der Waals surface area contributed by atoms with E-state index >= 15 is 0 Å². The first-order valence-electron chi connectivity index (χ1n) is 11.2. The number of amides is 1. The van der Waals surface area contributed by atoms with Crippen LogP contribution in [0.1, 0.15) is 29.7 Å². The van der Waals surface area contributed by atoms with E-state index in [1.54, 1.807) is 31.2 Å². The third kappa shape index (κ3) is 5.65. The average molecular weight is 489 g/mol. The van der Waals surface area contributed by atoms with E-state index in [2.05, 4.69) is 11.5 Å². The lowest BCUT2D eigenvalue weighted by Gasteiger charge is -2.42. The second-order valence-corrected chi connectivity index (χ2v) is 10.5. The Morgan fingerprint density at radius 3 is 2.50 bits per heavy atom. The second kappa shape index (κ2) is 10.2. The molecule has 2 N–H and O–H groups in total. The van der Waals surface area contributed by atoms with Crippen LogP contribution in [0.15, 0.2) is 53.9 Å². The molecule has 1 saturated heterocycles. The van der Waals surface area contributed by atoms with E-state index in [1.165, 1.54) is 12.1 Å². The summed E-state index contributed by atoms with van der Waals surface area (Å²) in [6.07, 6.45) is 1.34. The number of hydrogen-bond donors (Lipinski definition) is 1. The van der Waals surface area contributed by atoms with Gasteiger partial charge < -0.3 is 9.80 Å². The van der Waals surface area contributed by atoms with Gasteiger partial charge in [-0.05, 0) is 67.8 Å². The highest BCUT2D eigenvalue weighted by Gasteiger charge is 2.30. The van der Waals surface area contributed by atoms with Crippen molar-refractivity contribution in [2.24, 2.45) is 5.14 Å². The van der Waals surface area contributed by atoms with E-state index in [1.807, 2.05) is 36.8 Å². The van der Waals surface area contributed by atoms with Crippen LogP contribution in [0.2, 0.25) is 0 Å². The Bertz CT molecular complexity index is 1180. The van der Waals surface area contributed by atoms with Crippen LogP contribution in [0.3, 0.4) is 0 Å². The lowest BCUT2D eigenvalue weighted by atomic mass is 10.0.